The standard InChI is InChI=1S/C16H34N2/c1-6-16(5,18(8-3)9-4)15(17-7-2)14-12-10-11-13-14/h14-15,17H,6-13H2,1-5H3. The molecule has 108 valence electrons. The van der Waals surface area contributed by atoms with E-state index in [2.05, 4.69) is 44.8 Å². The van der Waals surface area contributed by atoms with Crippen LogP contribution in [0, 0.1) is 5.92 Å². The minimum absolute atomic E-state index is 0.314. The van der Waals surface area contributed by atoms with Crippen LogP contribution < -0.4 is 5.32 Å². The van der Waals surface area contributed by atoms with E-state index in [1.165, 1.54) is 32.1 Å². The number of hydrogen-bond acceptors (Lipinski definition) is 2. The zero-order chi connectivity index (χ0) is 13.6. The highest BCUT2D eigenvalue weighted by Gasteiger charge is 2.41. The van der Waals surface area contributed by atoms with Crippen LogP contribution in [-0.4, -0.2) is 36.1 Å². The van der Waals surface area contributed by atoms with Gasteiger partial charge in [0.1, 0.15) is 0 Å². The van der Waals surface area contributed by atoms with E-state index in [9.17, 15) is 0 Å². The Morgan fingerprint density at radius 2 is 1.67 bits per heavy atom. The molecular formula is C16H34N2. The van der Waals surface area contributed by atoms with E-state index in [0.717, 1.165) is 25.6 Å². The molecule has 0 aromatic carbocycles. The Morgan fingerprint density at radius 1 is 1.11 bits per heavy atom. The third kappa shape index (κ3) is 3.27. The van der Waals surface area contributed by atoms with Crippen molar-refractivity contribution in [1.29, 1.82) is 0 Å². The summed E-state index contributed by atoms with van der Waals surface area (Å²) in [6, 6.07) is 0.662. The molecule has 2 heteroatoms. The maximum absolute atomic E-state index is 3.82. The van der Waals surface area contributed by atoms with Crippen molar-refractivity contribution < 1.29 is 0 Å². The largest absolute Gasteiger partial charge is 0.312 e. The average molecular weight is 254 g/mol. The highest BCUT2D eigenvalue weighted by atomic mass is 15.2. The molecular weight excluding hydrogens is 220 g/mol. The molecule has 1 N–H and O–H groups in total. The van der Waals surface area contributed by atoms with Crippen molar-refractivity contribution in [2.75, 3.05) is 19.6 Å². The van der Waals surface area contributed by atoms with Crippen LogP contribution in [0.4, 0.5) is 0 Å². The Labute approximate surface area is 115 Å². The van der Waals surface area contributed by atoms with Crippen LogP contribution in [0.2, 0.25) is 0 Å². The summed E-state index contributed by atoms with van der Waals surface area (Å²) in [6.45, 7) is 15.1. The van der Waals surface area contributed by atoms with E-state index in [1.807, 2.05) is 0 Å². The van der Waals surface area contributed by atoms with E-state index in [4.69, 9.17) is 0 Å². The first-order valence-electron chi connectivity index (χ1n) is 8.12. The van der Waals surface area contributed by atoms with E-state index in [-0.39, 0.29) is 0 Å². The number of nitrogens with one attached hydrogen (secondary N) is 1. The summed E-state index contributed by atoms with van der Waals surface area (Å²) in [5.41, 5.74) is 0.314. The van der Waals surface area contributed by atoms with Crippen molar-refractivity contribution in [3.05, 3.63) is 0 Å². The van der Waals surface area contributed by atoms with Crippen molar-refractivity contribution >= 4 is 0 Å². The molecule has 1 rings (SSSR count). The highest BCUT2D eigenvalue weighted by molar-refractivity contribution is 5.00. The van der Waals surface area contributed by atoms with Crippen molar-refractivity contribution in [1.82, 2.24) is 10.2 Å². The zero-order valence-corrected chi connectivity index (χ0v) is 13.3. The lowest BCUT2D eigenvalue weighted by Gasteiger charge is -2.48. The molecule has 18 heavy (non-hydrogen) atoms. The second-order valence-corrected chi connectivity index (χ2v) is 5.96. The number of likely N-dealkylation sites (N-methyl/N-ethyl adjacent to an activating group) is 2. The summed E-state index contributed by atoms with van der Waals surface area (Å²) in [5, 5.41) is 3.82. The molecule has 1 fully saturated rings. The Morgan fingerprint density at radius 3 is 2.06 bits per heavy atom. The van der Waals surface area contributed by atoms with Gasteiger partial charge in [0.15, 0.2) is 0 Å². The van der Waals surface area contributed by atoms with Crippen molar-refractivity contribution in [3.63, 3.8) is 0 Å². The fourth-order valence-electron chi connectivity index (χ4n) is 3.99. The summed E-state index contributed by atoms with van der Waals surface area (Å²) in [7, 11) is 0. The first-order valence-corrected chi connectivity index (χ1v) is 8.12. The van der Waals surface area contributed by atoms with Crippen LogP contribution in [0.25, 0.3) is 0 Å². The summed E-state index contributed by atoms with van der Waals surface area (Å²) in [4.78, 5) is 2.67. The van der Waals surface area contributed by atoms with Gasteiger partial charge in [-0.25, -0.2) is 0 Å². The lowest BCUT2D eigenvalue weighted by molar-refractivity contribution is 0.0471. The Bertz CT molecular complexity index is 219. The van der Waals surface area contributed by atoms with Gasteiger partial charge < -0.3 is 5.32 Å². The SMILES string of the molecule is CCNC(C1CCCC1)C(C)(CC)N(CC)CC. The fourth-order valence-corrected chi connectivity index (χ4v) is 3.99. The monoisotopic (exact) mass is 254 g/mol. The second kappa shape index (κ2) is 7.49. The maximum atomic E-state index is 3.82. The van der Waals surface area contributed by atoms with Crippen LogP contribution in [0.3, 0.4) is 0 Å². The molecule has 0 bridgehead atoms. The van der Waals surface area contributed by atoms with E-state index < -0.39 is 0 Å². The van der Waals surface area contributed by atoms with E-state index in [1.54, 1.807) is 0 Å². The van der Waals surface area contributed by atoms with Crippen LogP contribution in [-0.2, 0) is 0 Å². The van der Waals surface area contributed by atoms with Gasteiger partial charge in [0.25, 0.3) is 0 Å². The maximum Gasteiger partial charge on any atom is 0.0334 e. The lowest BCUT2D eigenvalue weighted by Crippen LogP contribution is -2.61. The summed E-state index contributed by atoms with van der Waals surface area (Å²) >= 11 is 0. The fraction of sp³-hybridized carbons (Fsp3) is 1.00. The van der Waals surface area contributed by atoms with E-state index >= 15 is 0 Å². The van der Waals surface area contributed by atoms with Gasteiger partial charge in [-0.3, -0.25) is 4.90 Å². The first kappa shape index (κ1) is 16.0. The first-order chi connectivity index (χ1) is 8.63. The molecule has 0 amide bonds. The minimum Gasteiger partial charge on any atom is -0.312 e. The molecule has 0 radical (unpaired) electrons. The predicted molar refractivity (Wildman–Crippen MR) is 81.0 cm³/mol. The molecule has 0 aliphatic heterocycles. The van der Waals surface area contributed by atoms with E-state index in [0.29, 0.717) is 11.6 Å². The van der Waals surface area contributed by atoms with Gasteiger partial charge >= 0.3 is 0 Å². The Kier molecular flexibility index (Phi) is 6.65. The van der Waals surface area contributed by atoms with Gasteiger partial charge in [0.2, 0.25) is 0 Å². The van der Waals surface area contributed by atoms with Gasteiger partial charge in [-0.05, 0) is 51.7 Å². The number of rotatable bonds is 8. The number of hydrogen-bond donors (Lipinski definition) is 1. The summed E-state index contributed by atoms with van der Waals surface area (Å²) < 4.78 is 0. The van der Waals surface area contributed by atoms with Crippen molar-refractivity contribution in [2.45, 2.75) is 78.3 Å². The smallest absolute Gasteiger partial charge is 0.0334 e. The summed E-state index contributed by atoms with van der Waals surface area (Å²) in [5.74, 6) is 0.885. The predicted octanol–water partition coefficient (Wildman–Crippen LogP) is 3.67. The molecule has 1 saturated carbocycles. The van der Waals surface area contributed by atoms with Crippen LogP contribution in [0.1, 0.15) is 66.7 Å². The number of nitrogens with zero attached hydrogens (tertiary/aromatic N) is 1. The zero-order valence-electron chi connectivity index (χ0n) is 13.3. The normalized spacial score (nSPS) is 22.3. The highest BCUT2D eigenvalue weighted by Crippen LogP contribution is 2.36. The van der Waals surface area contributed by atoms with Crippen LogP contribution >= 0.6 is 0 Å². The molecule has 0 spiro atoms. The van der Waals surface area contributed by atoms with Gasteiger partial charge in [-0.1, -0.05) is 40.5 Å². The molecule has 2 unspecified atom stereocenters. The van der Waals surface area contributed by atoms with Gasteiger partial charge in [-0.2, -0.15) is 0 Å². The summed E-state index contributed by atoms with van der Waals surface area (Å²) in [6.07, 6.45) is 6.96. The quantitative estimate of drug-likeness (QED) is 0.711. The Hall–Kier alpha value is -0.0800. The molecule has 1 aliphatic carbocycles. The average Bonchev–Trinajstić information content (AvgIpc) is 2.90. The topological polar surface area (TPSA) is 15.3 Å². The third-order valence-corrected chi connectivity index (χ3v) is 5.17. The van der Waals surface area contributed by atoms with Crippen LogP contribution in [0.15, 0.2) is 0 Å². The van der Waals surface area contributed by atoms with Crippen molar-refractivity contribution in [3.8, 4) is 0 Å². The molecule has 2 nitrogen and oxygen atoms in total. The van der Waals surface area contributed by atoms with Gasteiger partial charge in [0.05, 0.1) is 0 Å². The van der Waals surface area contributed by atoms with Gasteiger partial charge in [-0.15, -0.1) is 0 Å². The molecule has 0 aromatic heterocycles. The van der Waals surface area contributed by atoms with Crippen molar-refractivity contribution in [2.24, 2.45) is 5.92 Å². The molecule has 2 atom stereocenters. The Balaban J connectivity index is 2.90. The lowest BCUT2D eigenvalue weighted by atomic mass is 9.78. The molecule has 0 saturated heterocycles. The molecule has 0 aromatic rings. The second-order valence-electron chi connectivity index (χ2n) is 5.96. The van der Waals surface area contributed by atoms with Crippen LogP contribution in [0.5, 0.6) is 0 Å². The third-order valence-electron chi connectivity index (χ3n) is 5.17. The molecule has 1 aliphatic rings. The molecule has 0 heterocycles. The minimum atomic E-state index is 0.314. The van der Waals surface area contributed by atoms with Gasteiger partial charge in [0, 0.05) is 11.6 Å².